The van der Waals surface area contributed by atoms with Gasteiger partial charge in [0.25, 0.3) is 0 Å². The molecule has 0 fully saturated rings. The maximum atomic E-state index is 13.0. The third kappa shape index (κ3) is 3.45. The van der Waals surface area contributed by atoms with Crippen LogP contribution in [-0.4, -0.2) is 26.5 Å². The summed E-state index contributed by atoms with van der Waals surface area (Å²) >= 11 is 0. The Morgan fingerprint density at radius 3 is 2.68 bits per heavy atom. The second-order valence-electron chi connectivity index (χ2n) is 5.42. The molecule has 4 rings (SSSR count). The van der Waals surface area contributed by atoms with Crippen LogP contribution in [0.5, 0.6) is 0 Å². The molecule has 1 N–H and O–H groups in total. The van der Waals surface area contributed by atoms with Gasteiger partial charge in [0.1, 0.15) is 23.4 Å². The van der Waals surface area contributed by atoms with E-state index < -0.39 is 0 Å². The molecule has 0 amide bonds. The van der Waals surface area contributed by atoms with Crippen molar-refractivity contribution in [1.29, 1.82) is 0 Å². The first-order valence-corrected chi connectivity index (χ1v) is 7.80. The minimum absolute atomic E-state index is 0.285. The van der Waals surface area contributed by atoms with Crippen molar-refractivity contribution in [3.05, 3.63) is 66.6 Å². The predicted octanol–water partition coefficient (Wildman–Crippen LogP) is 3.47. The molecule has 0 atom stereocenters. The van der Waals surface area contributed by atoms with Crippen molar-refractivity contribution < 1.29 is 8.81 Å². The van der Waals surface area contributed by atoms with Gasteiger partial charge in [-0.2, -0.15) is 0 Å². The molecule has 0 bridgehead atoms. The standard InChI is InChI=1S/C18H14FN5O/c19-13-3-1-12(2-4-13)18-23-14(11-25-18)7-8-21-16-6-5-15-17(24-16)22-10-9-20-15/h1-6,9-11H,7-8H2,(H,21,22,24). The van der Waals surface area contributed by atoms with Gasteiger partial charge in [0.2, 0.25) is 5.89 Å². The summed E-state index contributed by atoms with van der Waals surface area (Å²) in [7, 11) is 0. The Kier molecular flexibility index (Phi) is 4.04. The number of rotatable bonds is 5. The summed E-state index contributed by atoms with van der Waals surface area (Å²) in [5.41, 5.74) is 2.92. The van der Waals surface area contributed by atoms with E-state index in [1.54, 1.807) is 30.8 Å². The zero-order valence-corrected chi connectivity index (χ0v) is 13.2. The lowest BCUT2D eigenvalue weighted by atomic mass is 10.2. The van der Waals surface area contributed by atoms with Gasteiger partial charge in [-0.3, -0.25) is 4.98 Å². The topological polar surface area (TPSA) is 76.7 Å². The zero-order valence-electron chi connectivity index (χ0n) is 13.2. The van der Waals surface area contributed by atoms with Gasteiger partial charge < -0.3 is 9.73 Å². The third-order valence-corrected chi connectivity index (χ3v) is 3.66. The molecule has 0 saturated heterocycles. The normalized spacial score (nSPS) is 10.9. The van der Waals surface area contributed by atoms with Crippen LogP contribution in [0, 0.1) is 5.82 Å². The Hall–Kier alpha value is -3.35. The first kappa shape index (κ1) is 15.2. The lowest BCUT2D eigenvalue weighted by Crippen LogP contribution is -2.06. The summed E-state index contributed by atoms with van der Waals surface area (Å²) in [6.45, 7) is 0.647. The van der Waals surface area contributed by atoms with E-state index in [-0.39, 0.29) is 5.82 Å². The van der Waals surface area contributed by atoms with Crippen LogP contribution in [0.3, 0.4) is 0 Å². The molecular formula is C18H14FN5O. The molecule has 0 spiro atoms. The summed E-state index contributed by atoms with van der Waals surface area (Å²) in [6.07, 6.45) is 5.54. The molecule has 6 nitrogen and oxygen atoms in total. The molecule has 1 aromatic carbocycles. The average Bonchev–Trinajstić information content (AvgIpc) is 3.11. The van der Waals surface area contributed by atoms with Crippen LogP contribution in [-0.2, 0) is 6.42 Å². The fourth-order valence-corrected chi connectivity index (χ4v) is 2.42. The van der Waals surface area contributed by atoms with Crippen molar-refractivity contribution in [3.63, 3.8) is 0 Å². The minimum atomic E-state index is -0.285. The van der Waals surface area contributed by atoms with E-state index in [0.29, 0.717) is 24.5 Å². The van der Waals surface area contributed by atoms with Crippen LogP contribution in [0.1, 0.15) is 5.69 Å². The van der Waals surface area contributed by atoms with Gasteiger partial charge in [-0.25, -0.2) is 19.3 Å². The van der Waals surface area contributed by atoms with Crippen LogP contribution >= 0.6 is 0 Å². The summed E-state index contributed by atoms with van der Waals surface area (Å²) in [5, 5.41) is 3.23. The molecule has 0 aliphatic heterocycles. The van der Waals surface area contributed by atoms with E-state index in [9.17, 15) is 4.39 Å². The smallest absolute Gasteiger partial charge is 0.226 e. The van der Waals surface area contributed by atoms with E-state index >= 15 is 0 Å². The number of benzene rings is 1. The third-order valence-electron chi connectivity index (χ3n) is 3.66. The molecule has 0 aliphatic rings. The molecule has 7 heteroatoms. The lowest BCUT2D eigenvalue weighted by molar-refractivity contribution is 0.572. The number of aromatic nitrogens is 4. The molecule has 0 saturated carbocycles. The Morgan fingerprint density at radius 1 is 0.960 bits per heavy atom. The molecule has 25 heavy (non-hydrogen) atoms. The highest BCUT2D eigenvalue weighted by Gasteiger charge is 2.07. The largest absolute Gasteiger partial charge is 0.444 e. The first-order valence-electron chi connectivity index (χ1n) is 7.80. The molecule has 3 heterocycles. The molecule has 3 aromatic heterocycles. The molecule has 0 radical (unpaired) electrons. The van der Waals surface area contributed by atoms with E-state index in [4.69, 9.17) is 4.42 Å². The number of oxazole rings is 1. The van der Waals surface area contributed by atoms with Crippen LogP contribution < -0.4 is 5.32 Å². The number of nitrogens with zero attached hydrogens (tertiary/aromatic N) is 4. The van der Waals surface area contributed by atoms with Gasteiger partial charge >= 0.3 is 0 Å². The van der Waals surface area contributed by atoms with Crippen LogP contribution in [0.4, 0.5) is 10.2 Å². The highest BCUT2D eigenvalue weighted by Crippen LogP contribution is 2.19. The van der Waals surface area contributed by atoms with Gasteiger partial charge in [-0.15, -0.1) is 0 Å². The molecule has 0 unspecified atom stereocenters. The highest BCUT2D eigenvalue weighted by molar-refractivity contribution is 5.71. The second kappa shape index (κ2) is 6.64. The number of hydrogen-bond acceptors (Lipinski definition) is 6. The van der Waals surface area contributed by atoms with Crippen LogP contribution in [0.2, 0.25) is 0 Å². The summed E-state index contributed by atoms with van der Waals surface area (Å²) < 4.78 is 18.4. The van der Waals surface area contributed by atoms with Crippen molar-refractivity contribution >= 4 is 17.0 Å². The van der Waals surface area contributed by atoms with Crippen LogP contribution in [0.25, 0.3) is 22.6 Å². The number of anilines is 1. The number of pyridine rings is 1. The summed E-state index contributed by atoms with van der Waals surface area (Å²) in [4.78, 5) is 17.2. The highest BCUT2D eigenvalue weighted by atomic mass is 19.1. The van der Waals surface area contributed by atoms with Crippen molar-refractivity contribution in [2.45, 2.75) is 6.42 Å². The number of fused-ring (bicyclic) bond motifs is 1. The number of hydrogen-bond donors (Lipinski definition) is 1. The Bertz CT molecular complexity index is 1000. The molecular weight excluding hydrogens is 321 g/mol. The summed E-state index contributed by atoms with van der Waals surface area (Å²) in [5.74, 6) is 0.927. The van der Waals surface area contributed by atoms with Gasteiger partial charge in [-0.05, 0) is 36.4 Å². The van der Waals surface area contributed by atoms with Crippen molar-refractivity contribution in [1.82, 2.24) is 19.9 Å². The number of halogens is 1. The van der Waals surface area contributed by atoms with Gasteiger partial charge in [0, 0.05) is 30.9 Å². The molecule has 0 aliphatic carbocycles. The van der Waals surface area contributed by atoms with Crippen molar-refractivity contribution in [3.8, 4) is 11.5 Å². The first-order chi connectivity index (χ1) is 12.3. The van der Waals surface area contributed by atoms with Crippen molar-refractivity contribution in [2.75, 3.05) is 11.9 Å². The summed E-state index contributed by atoms with van der Waals surface area (Å²) in [6, 6.07) is 9.79. The van der Waals surface area contributed by atoms with Crippen molar-refractivity contribution in [2.24, 2.45) is 0 Å². The SMILES string of the molecule is Fc1ccc(-c2nc(CCNc3ccc4nccnc4n3)co2)cc1. The minimum Gasteiger partial charge on any atom is -0.444 e. The van der Waals surface area contributed by atoms with Gasteiger partial charge in [0.15, 0.2) is 5.65 Å². The molecule has 124 valence electrons. The predicted molar refractivity (Wildman–Crippen MR) is 91.4 cm³/mol. The zero-order chi connectivity index (χ0) is 17.1. The number of nitrogens with one attached hydrogen (secondary N) is 1. The van der Waals surface area contributed by atoms with E-state index in [2.05, 4.69) is 25.3 Å². The van der Waals surface area contributed by atoms with E-state index in [0.717, 1.165) is 22.6 Å². The maximum Gasteiger partial charge on any atom is 0.226 e. The Labute approximate surface area is 142 Å². The van der Waals surface area contributed by atoms with Gasteiger partial charge in [0.05, 0.1) is 5.69 Å². The van der Waals surface area contributed by atoms with Crippen LogP contribution in [0.15, 0.2) is 59.5 Å². The fraction of sp³-hybridized carbons (Fsp3) is 0.111. The maximum absolute atomic E-state index is 13.0. The Balaban J connectivity index is 1.39. The fourth-order valence-electron chi connectivity index (χ4n) is 2.42. The molecule has 4 aromatic rings. The lowest BCUT2D eigenvalue weighted by Gasteiger charge is -2.04. The second-order valence-corrected chi connectivity index (χ2v) is 5.42. The van der Waals surface area contributed by atoms with Gasteiger partial charge in [-0.1, -0.05) is 0 Å². The quantitative estimate of drug-likeness (QED) is 0.602. The van der Waals surface area contributed by atoms with E-state index in [1.807, 2.05) is 12.1 Å². The average molecular weight is 335 g/mol. The Morgan fingerprint density at radius 2 is 1.80 bits per heavy atom. The van der Waals surface area contributed by atoms with E-state index in [1.165, 1.54) is 12.1 Å². The monoisotopic (exact) mass is 335 g/mol.